The fourth-order valence-corrected chi connectivity index (χ4v) is 13.2. The van der Waals surface area contributed by atoms with Gasteiger partial charge in [0.1, 0.15) is 0 Å². The standard InChI is InChI=1S/C59H48N2/c1-37-29-39-31-38(2)59(44(30-37)32-39)53-20-9-6-17-47(53)51-36-46(25-27-54(51)59)60-56-22-11-8-19-49(56)52-34-42(24-28-57(52)60)43-23-26-50-48-18-7-10-21-55(48)61(58(50)35-43)45-16-12-15-41(33-45)40-13-4-3-5-14-40/h3-28,33-39,44H,29-32H2,1-2H3. The lowest BCUT2D eigenvalue weighted by Gasteiger charge is -2.54. The molecule has 2 bridgehead atoms. The highest BCUT2D eigenvalue weighted by molar-refractivity contribution is 6.12. The Hall–Kier alpha value is -6.64. The van der Waals surface area contributed by atoms with Crippen LogP contribution in [0.4, 0.5) is 0 Å². The Bertz CT molecular complexity index is 3380. The molecule has 2 heteroatoms. The summed E-state index contributed by atoms with van der Waals surface area (Å²) in [6, 6.07) is 68.6. The highest BCUT2D eigenvalue weighted by Gasteiger charge is 2.56. The fourth-order valence-electron chi connectivity index (χ4n) is 13.2. The van der Waals surface area contributed by atoms with Crippen LogP contribution in [-0.4, -0.2) is 9.13 Å². The Balaban J connectivity index is 0.959. The molecule has 2 saturated carbocycles. The molecule has 0 amide bonds. The molecule has 0 N–H and O–H groups in total. The van der Waals surface area contributed by atoms with Crippen molar-refractivity contribution in [2.45, 2.75) is 44.9 Å². The van der Waals surface area contributed by atoms with Gasteiger partial charge in [-0.2, -0.15) is 0 Å². The van der Waals surface area contributed by atoms with Gasteiger partial charge in [0.05, 0.1) is 22.1 Å². The molecular weight excluding hydrogens is 737 g/mol. The second-order valence-corrected chi connectivity index (χ2v) is 18.7. The van der Waals surface area contributed by atoms with Gasteiger partial charge in [-0.25, -0.2) is 0 Å². The Morgan fingerprint density at radius 3 is 1.87 bits per heavy atom. The van der Waals surface area contributed by atoms with Crippen molar-refractivity contribution in [1.29, 1.82) is 0 Å². The van der Waals surface area contributed by atoms with Crippen molar-refractivity contribution in [3.8, 4) is 44.8 Å². The molecule has 3 aliphatic rings. The van der Waals surface area contributed by atoms with E-state index in [0.717, 1.165) is 11.8 Å². The van der Waals surface area contributed by atoms with Gasteiger partial charge in [-0.15, -0.1) is 0 Å². The van der Waals surface area contributed by atoms with E-state index >= 15 is 0 Å². The quantitative estimate of drug-likeness (QED) is 0.168. The Morgan fingerprint density at radius 1 is 0.393 bits per heavy atom. The van der Waals surface area contributed by atoms with Crippen molar-refractivity contribution in [3.63, 3.8) is 0 Å². The van der Waals surface area contributed by atoms with Crippen LogP contribution in [0.1, 0.15) is 50.7 Å². The van der Waals surface area contributed by atoms with Crippen LogP contribution in [0.15, 0.2) is 182 Å². The molecule has 13 rings (SSSR count). The predicted octanol–water partition coefficient (Wildman–Crippen LogP) is 15.6. The van der Waals surface area contributed by atoms with E-state index in [0.29, 0.717) is 11.8 Å². The third-order valence-corrected chi connectivity index (χ3v) is 15.4. The zero-order valence-corrected chi connectivity index (χ0v) is 34.9. The van der Waals surface area contributed by atoms with Crippen molar-refractivity contribution in [3.05, 3.63) is 193 Å². The maximum absolute atomic E-state index is 2.57. The highest BCUT2D eigenvalue weighted by Crippen LogP contribution is 2.64. The number of nitrogens with zero attached hydrogens (tertiary/aromatic N) is 2. The Labute approximate surface area is 357 Å². The number of hydrogen-bond acceptors (Lipinski definition) is 0. The summed E-state index contributed by atoms with van der Waals surface area (Å²) < 4.78 is 4.97. The third kappa shape index (κ3) is 5.03. The van der Waals surface area contributed by atoms with Gasteiger partial charge in [-0.05, 0) is 148 Å². The first kappa shape index (κ1) is 35.1. The number of rotatable bonds is 4. The van der Waals surface area contributed by atoms with Crippen molar-refractivity contribution < 1.29 is 0 Å². The lowest BCUT2D eigenvalue weighted by Crippen LogP contribution is -2.49. The van der Waals surface area contributed by atoms with Crippen molar-refractivity contribution in [2.24, 2.45) is 23.7 Å². The van der Waals surface area contributed by atoms with E-state index in [1.54, 1.807) is 11.1 Å². The zero-order chi connectivity index (χ0) is 40.4. The van der Waals surface area contributed by atoms with Gasteiger partial charge in [0, 0.05) is 38.3 Å². The van der Waals surface area contributed by atoms with Gasteiger partial charge >= 0.3 is 0 Å². The van der Waals surface area contributed by atoms with Gasteiger partial charge in [0.25, 0.3) is 0 Å². The lowest BCUT2D eigenvalue weighted by atomic mass is 9.49. The first-order valence-electron chi connectivity index (χ1n) is 22.5. The van der Waals surface area contributed by atoms with Crippen LogP contribution < -0.4 is 0 Å². The maximum Gasteiger partial charge on any atom is 0.0547 e. The molecule has 5 unspecified atom stereocenters. The summed E-state index contributed by atoms with van der Waals surface area (Å²) in [7, 11) is 0. The minimum Gasteiger partial charge on any atom is -0.309 e. The molecule has 61 heavy (non-hydrogen) atoms. The molecular formula is C59H48N2. The summed E-state index contributed by atoms with van der Waals surface area (Å²) in [4.78, 5) is 0. The Morgan fingerprint density at radius 2 is 1.02 bits per heavy atom. The number of para-hydroxylation sites is 2. The number of aromatic nitrogens is 2. The average Bonchev–Trinajstić information content (AvgIpc) is 3.92. The molecule has 2 nitrogen and oxygen atoms in total. The minimum absolute atomic E-state index is 0.100. The van der Waals surface area contributed by atoms with Crippen molar-refractivity contribution in [1.82, 2.24) is 9.13 Å². The molecule has 8 aromatic carbocycles. The van der Waals surface area contributed by atoms with Gasteiger partial charge < -0.3 is 9.13 Å². The molecule has 0 saturated heterocycles. The molecule has 2 heterocycles. The summed E-state index contributed by atoms with van der Waals surface area (Å²) in [5.41, 5.74) is 18.4. The van der Waals surface area contributed by atoms with Gasteiger partial charge in [-0.3, -0.25) is 0 Å². The summed E-state index contributed by atoms with van der Waals surface area (Å²) in [5.74, 6) is 3.00. The highest BCUT2D eigenvalue weighted by atomic mass is 15.0. The van der Waals surface area contributed by atoms with E-state index in [1.807, 2.05) is 0 Å². The van der Waals surface area contributed by atoms with Crippen LogP contribution >= 0.6 is 0 Å². The molecule has 2 aromatic heterocycles. The summed E-state index contributed by atoms with van der Waals surface area (Å²) >= 11 is 0. The lowest BCUT2D eigenvalue weighted by molar-refractivity contribution is 0.0426. The van der Waals surface area contributed by atoms with Gasteiger partial charge in [0.15, 0.2) is 0 Å². The van der Waals surface area contributed by atoms with E-state index in [-0.39, 0.29) is 5.41 Å². The van der Waals surface area contributed by atoms with E-state index in [9.17, 15) is 0 Å². The molecule has 0 radical (unpaired) electrons. The molecule has 5 atom stereocenters. The molecule has 3 aliphatic carbocycles. The largest absolute Gasteiger partial charge is 0.309 e. The molecule has 294 valence electrons. The van der Waals surface area contributed by atoms with E-state index in [2.05, 4.69) is 205 Å². The van der Waals surface area contributed by atoms with Gasteiger partial charge in [-0.1, -0.05) is 141 Å². The van der Waals surface area contributed by atoms with Crippen LogP contribution in [0.2, 0.25) is 0 Å². The number of fused-ring (bicyclic) bond motifs is 14. The van der Waals surface area contributed by atoms with Crippen LogP contribution in [0, 0.1) is 23.7 Å². The van der Waals surface area contributed by atoms with Gasteiger partial charge in [0.2, 0.25) is 0 Å². The zero-order valence-electron chi connectivity index (χ0n) is 34.9. The molecule has 10 aromatic rings. The average molecular weight is 785 g/mol. The summed E-state index contributed by atoms with van der Waals surface area (Å²) in [6.07, 6.45) is 5.45. The van der Waals surface area contributed by atoms with Crippen LogP contribution in [0.25, 0.3) is 88.4 Å². The normalized spacial score (nSPS) is 21.7. The monoisotopic (exact) mass is 784 g/mol. The van der Waals surface area contributed by atoms with E-state index < -0.39 is 0 Å². The molecule has 1 spiro atoms. The summed E-state index contributed by atoms with van der Waals surface area (Å²) in [5, 5.41) is 5.10. The van der Waals surface area contributed by atoms with Crippen LogP contribution in [0.3, 0.4) is 0 Å². The fraction of sp³-hybridized carbons (Fsp3) is 0.186. The minimum atomic E-state index is 0.100. The second-order valence-electron chi connectivity index (χ2n) is 18.7. The van der Waals surface area contributed by atoms with Crippen LogP contribution in [0.5, 0.6) is 0 Å². The first-order valence-corrected chi connectivity index (χ1v) is 22.5. The number of hydrogen-bond donors (Lipinski definition) is 0. The number of benzene rings is 8. The van der Waals surface area contributed by atoms with Crippen molar-refractivity contribution in [2.75, 3.05) is 0 Å². The SMILES string of the molecule is CC1CC2CC(C)C3(c4ccccc4-c4cc(-n5c6ccccc6c6cc(-c7ccc8c9ccccc9n(-c9cccc(-c%10ccccc%10)c9)c8c7)ccc65)ccc43)C(C1)C2. The van der Waals surface area contributed by atoms with E-state index in [1.165, 1.54) is 114 Å². The predicted molar refractivity (Wildman–Crippen MR) is 256 cm³/mol. The maximum atomic E-state index is 2.57. The molecule has 2 fully saturated rings. The van der Waals surface area contributed by atoms with E-state index in [4.69, 9.17) is 0 Å². The summed E-state index contributed by atoms with van der Waals surface area (Å²) in [6.45, 7) is 5.08. The first-order chi connectivity index (χ1) is 30.0. The molecule has 0 aliphatic heterocycles. The smallest absolute Gasteiger partial charge is 0.0547 e. The Kier molecular flexibility index (Phi) is 7.59. The van der Waals surface area contributed by atoms with Crippen LogP contribution in [-0.2, 0) is 5.41 Å². The van der Waals surface area contributed by atoms with Crippen molar-refractivity contribution >= 4 is 43.6 Å². The third-order valence-electron chi connectivity index (χ3n) is 15.4. The topological polar surface area (TPSA) is 9.86 Å². The second kappa shape index (κ2) is 13.2.